The van der Waals surface area contributed by atoms with E-state index in [4.69, 9.17) is 5.73 Å². The third-order valence-electron chi connectivity index (χ3n) is 4.72. The fraction of sp³-hybridized carbons (Fsp3) is 0.867. The lowest BCUT2D eigenvalue weighted by Crippen LogP contribution is -2.54. The zero-order valence-corrected chi connectivity index (χ0v) is 13.3. The van der Waals surface area contributed by atoms with Gasteiger partial charge >= 0.3 is 6.03 Å². The van der Waals surface area contributed by atoms with Crippen molar-refractivity contribution in [2.45, 2.75) is 39.2 Å². The maximum Gasteiger partial charge on any atom is 0.320 e. The van der Waals surface area contributed by atoms with Crippen LogP contribution in [0.4, 0.5) is 4.79 Å². The minimum absolute atomic E-state index is 0.0926. The number of amides is 3. The van der Waals surface area contributed by atoms with Crippen molar-refractivity contribution in [3.63, 3.8) is 0 Å². The van der Waals surface area contributed by atoms with E-state index < -0.39 is 0 Å². The van der Waals surface area contributed by atoms with E-state index in [0.29, 0.717) is 26.2 Å². The number of carbonyl (C=O) groups excluding carboxylic acids is 2. The van der Waals surface area contributed by atoms with Crippen molar-refractivity contribution in [3.05, 3.63) is 0 Å². The summed E-state index contributed by atoms with van der Waals surface area (Å²) in [6.07, 6.45) is 2.69. The molecular weight excluding hydrogens is 268 g/mol. The Labute approximate surface area is 127 Å². The van der Waals surface area contributed by atoms with Crippen LogP contribution >= 0.6 is 0 Å². The molecule has 0 aromatic rings. The van der Waals surface area contributed by atoms with E-state index in [1.165, 1.54) is 0 Å². The van der Waals surface area contributed by atoms with Gasteiger partial charge in [-0.3, -0.25) is 4.79 Å². The monoisotopic (exact) mass is 296 g/mol. The van der Waals surface area contributed by atoms with Crippen LogP contribution in [0.25, 0.3) is 0 Å². The summed E-state index contributed by atoms with van der Waals surface area (Å²) in [5, 5.41) is 0. The molecule has 3 amide bonds. The van der Waals surface area contributed by atoms with Gasteiger partial charge in [-0.05, 0) is 33.1 Å². The fourth-order valence-electron chi connectivity index (χ4n) is 3.31. The van der Waals surface area contributed by atoms with Crippen molar-refractivity contribution in [2.24, 2.45) is 11.7 Å². The molecule has 1 heterocycles. The SMILES string of the molecule is CCN(CC)C(=O)N1CCN(C(=O)C2CCC(N)C2)CC1. The number of piperazine rings is 1. The lowest BCUT2D eigenvalue weighted by Gasteiger charge is -2.38. The van der Waals surface area contributed by atoms with Crippen molar-refractivity contribution in [1.82, 2.24) is 14.7 Å². The van der Waals surface area contributed by atoms with Gasteiger partial charge in [-0.2, -0.15) is 0 Å². The molecule has 6 heteroatoms. The summed E-state index contributed by atoms with van der Waals surface area (Å²) in [6, 6.07) is 0.277. The third-order valence-corrected chi connectivity index (χ3v) is 4.72. The van der Waals surface area contributed by atoms with Gasteiger partial charge in [0.05, 0.1) is 0 Å². The first-order valence-electron chi connectivity index (χ1n) is 8.15. The molecule has 1 aliphatic carbocycles. The molecule has 2 fully saturated rings. The second-order valence-electron chi connectivity index (χ2n) is 6.04. The van der Waals surface area contributed by atoms with E-state index in [1.807, 2.05) is 28.5 Å². The molecule has 0 aromatic carbocycles. The molecule has 0 spiro atoms. The quantitative estimate of drug-likeness (QED) is 0.834. The second kappa shape index (κ2) is 7.11. The Morgan fingerprint density at radius 1 is 1.05 bits per heavy atom. The summed E-state index contributed by atoms with van der Waals surface area (Å²) < 4.78 is 0. The van der Waals surface area contributed by atoms with Gasteiger partial charge in [-0.25, -0.2) is 4.79 Å². The molecule has 120 valence electrons. The first-order chi connectivity index (χ1) is 10.1. The van der Waals surface area contributed by atoms with E-state index in [9.17, 15) is 9.59 Å². The summed E-state index contributed by atoms with van der Waals surface area (Å²) >= 11 is 0. The molecule has 2 rings (SSSR count). The molecule has 1 saturated carbocycles. The van der Waals surface area contributed by atoms with Crippen molar-refractivity contribution in [2.75, 3.05) is 39.3 Å². The molecule has 1 aliphatic heterocycles. The zero-order valence-electron chi connectivity index (χ0n) is 13.3. The predicted molar refractivity (Wildman–Crippen MR) is 81.8 cm³/mol. The van der Waals surface area contributed by atoms with Gasteiger partial charge in [0.15, 0.2) is 0 Å². The predicted octanol–water partition coefficient (Wildman–Crippen LogP) is 0.720. The lowest BCUT2D eigenvalue weighted by molar-refractivity contribution is -0.136. The van der Waals surface area contributed by atoms with Crippen LogP contribution in [0.5, 0.6) is 0 Å². The minimum atomic E-state index is 0.0926. The number of urea groups is 1. The standard InChI is InChI=1S/C15H28N4O2/c1-3-17(4-2)15(21)19-9-7-18(8-10-19)14(20)12-5-6-13(16)11-12/h12-13H,3-11,16H2,1-2H3. The van der Waals surface area contributed by atoms with E-state index in [0.717, 1.165) is 32.4 Å². The number of rotatable bonds is 3. The second-order valence-corrected chi connectivity index (χ2v) is 6.04. The smallest absolute Gasteiger partial charge is 0.320 e. The van der Waals surface area contributed by atoms with E-state index >= 15 is 0 Å². The summed E-state index contributed by atoms with van der Waals surface area (Å²) in [6.45, 7) is 8.02. The van der Waals surface area contributed by atoms with Crippen LogP contribution < -0.4 is 5.73 Å². The largest absolute Gasteiger partial charge is 0.339 e. The van der Waals surface area contributed by atoms with Crippen LogP contribution in [-0.4, -0.2) is 71.9 Å². The van der Waals surface area contributed by atoms with Gasteiger partial charge in [0, 0.05) is 51.2 Å². The first kappa shape index (κ1) is 16.1. The zero-order chi connectivity index (χ0) is 15.4. The van der Waals surface area contributed by atoms with Gasteiger partial charge in [0.1, 0.15) is 0 Å². The van der Waals surface area contributed by atoms with Gasteiger partial charge in [-0.15, -0.1) is 0 Å². The highest BCUT2D eigenvalue weighted by Crippen LogP contribution is 2.26. The fourth-order valence-corrected chi connectivity index (χ4v) is 3.31. The maximum absolute atomic E-state index is 12.4. The number of hydrogen-bond acceptors (Lipinski definition) is 3. The Kier molecular flexibility index (Phi) is 5.45. The Hall–Kier alpha value is -1.30. The summed E-state index contributed by atoms with van der Waals surface area (Å²) in [5.74, 6) is 0.336. The van der Waals surface area contributed by atoms with Crippen LogP contribution in [0.1, 0.15) is 33.1 Å². The van der Waals surface area contributed by atoms with Crippen molar-refractivity contribution >= 4 is 11.9 Å². The normalized spacial score (nSPS) is 26.0. The Morgan fingerprint density at radius 3 is 2.10 bits per heavy atom. The van der Waals surface area contributed by atoms with Crippen LogP contribution in [0.3, 0.4) is 0 Å². The van der Waals surface area contributed by atoms with Crippen LogP contribution in [0, 0.1) is 5.92 Å². The van der Waals surface area contributed by atoms with Crippen LogP contribution in [-0.2, 0) is 4.79 Å². The van der Waals surface area contributed by atoms with Gasteiger partial charge in [0.25, 0.3) is 0 Å². The maximum atomic E-state index is 12.4. The summed E-state index contributed by atoms with van der Waals surface area (Å²) in [7, 11) is 0. The molecule has 2 atom stereocenters. The van der Waals surface area contributed by atoms with Gasteiger partial charge < -0.3 is 20.4 Å². The van der Waals surface area contributed by atoms with Crippen molar-refractivity contribution < 1.29 is 9.59 Å². The molecule has 21 heavy (non-hydrogen) atoms. The number of carbonyl (C=O) groups is 2. The highest BCUT2D eigenvalue weighted by Gasteiger charge is 2.33. The average Bonchev–Trinajstić information content (AvgIpc) is 2.94. The Morgan fingerprint density at radius 2 is 1.62 bits per heavy atom. The molecule has 0 aromatic heterocycles. The highest BCUT2D eigenvalue weighted by molar-refractivity contribution is 5.80. The number of nitrogens with zero attached hydrogens (tertiary/aromatic N) is 3. The van der Waals surface area contributed by atoms with Crippen LogP contribution in [0.2, 0.25) is 0 Å². The van der Waals surface area contributed by atoms with Crippen molar-refractivity contribution in [3.8, 4) is 0 Å². The van der Waals surface area contributed by atoms with Crippen molar-refractivity contribution in [1.29, 1.82) is 0 Å². The van der Waals surface area contributed by atoms with E-state index in [-0.39, 0.29) is 23.9 Å². The minimum Gasteiger partial charge on any atom is -0.339 e. The highest BCUT2D eigenvalue weighted by atomic mass is 16.2. The average molecular weight is 296 g/mol. The third kappa shape index (κ3) is 3.67. The molecular formula is C15H28N4O2. The van der Waals surface area contributed by atoms with Gasteiger partial charge in [0.2, 0.25) is 5.91 Å². The molecule has 2 N–H and O–H groups in total. The number of nitrogens with two attached hydrogens (primary N) is 1. The van der Waals surface area contributed by atoms with E-state index in [1.54, 1.807) is 0 Å². The van der Waals surface area contributed by atoms with E-state index in [2.05, 4.69) is 0 Å². The van der Waals surface area contributed by atoms with Gasteiger partial charge in [-0.1, -0.05) is 0 Å². The number of hydrogen-bond donors (Lipinski definition) is 1. The summed E-state index contributed by atoms with van der Waals surface area (Å²) in [4.78, 5) is 30.3. The topological polar surface area (TPSA) is 69.9 Å². The lowest BCUT2D eigenvalue weighted by atomic mass is 10.1. The molecule has 2 aliphatic rings. The Bertz CT molecular complexity index is 376. The molecule has 0 radical (unpaired) electrons. The molecule has 6 nitrogen and oxygen atoms in total. The first-order valence-corrected chi connectivity index (χ1v) is 8.15. The molecule has 0 bridgehead atoms. The summed E-state index contributed by atoms with van der Waals surface area (Å²) in [5.41, 5.74) is 5.89. The molecule has 2 unspecified atom stereocenters. The Balaban J connectivity index is 1.83. The molecule has 1 saturated heterocycles. The van der Waals surface area contributed by atoms with Crippen LogP contribution in [0.15, 0.2) is 0 Å².